The van der Waals surface area contributed by atoms with Crippen molar-refractivity contribution in [3.05, 3.63) is 76.6 Å². The molecule has 1 aromatic heterocycles. The molecule has 31 heavy (non-hydrogen) atoms. The van der Waals surface area contributed by atoms with Crippen LogP contribution in [-0.2, 0) is 0 Å². The first-order valence-corrected chi connectivity index (χ1v) is 9.43. The number of carbonyl (C=O) groups excluding carboxylic acids is 1. The number of nitrogens with zero attached hydrogens (tertiary/aromatic N) is 2. The minimum atomic E-state index is -1.07. The maximum atomic E-state index is 12.6. The molecule has 0 radical (unpaired) electrons. The van der Waals surface area contributed by atoms with Crippen LogP contribution in [0, 0.1) is 13.8 Å². The number of hydrazone groups is 1. The van der Waals surface area contributed by atoms with Gasteiger partial charge in [0.05, 0.1) is 31.7 Å². The molecular weight excluding hydrogens is 398 g/mol. The van der Waals surface area contributed by atoms with E-state index in [1.807, 2.05) is 26.0 Å². The quantitative estimate of drug-likeness (QED) is 0.449. The summed E-state index contributed by atoms with van der Waals surface area (Å²) in [5.41, 5.74) is 5.65. The Morgan fingerprint density at radius 1 is 1.00 bits per heavy atom. The van der Waals surface area contributed by atoms with Gasteiger partial charge in [0.15, 0.2) is 0 Å². The maximum absolute atomic E-state index is 12.6. The van der Waals surface area contributed by atoms with Crippen molar-refractivity contribution in [1.29, 1.82) is 0 Å². The molecule has 2 N–H and O–H groups in total. The number of benzene rings is 2. The third-order valence-corrected chi connectivity index (χ3v) is 4.81. The minimum Gasteiger partial charge on any atom is -0.497 e. The average Bonchev–Trinajstić information content (AvgIpc) is 3.10. The first-order valence-electron chi connectivity index (χ1n) is 9.43. The van der Waals surface area contributed by atoms with Gasteiger partial charge in [-0.1, -0.05) is 0 Å². The van der Waals surface area contributed by atoms with Crippen molar-refractivity contribution in [2.24, 2.45) is 5.10 Å². The molecule has 1 amide bonds. The standard InChI is InChI=1S/C23H23N3O5/c1-14-5-6-15(2)26(14)20-11-16(8-10-19(20)23(28)29)22(27)25-24-13-17-7-9-18(30-3)12-21(17)31-4/h5-13H,1-4H3,(H,25,27)(H,28,29). The molecule has 8 heteroatoms. The number of aromatic carboxylic acids is 1. The number of carboxylic acids is 1. The molecule has 8 nitrogen and oxygen atoms in total. The van der Waals surface area contributed by atoms with Crippen molar-refractivity contribution >= 4 is 18.1 Å². The highest BCUT2D eigenvalue weighted by molar-refractivity contribution is 5.99. The van der Waals surface area contributed by atoms with E-state index in [4.69, 9.17) is 9.47 Å². The zero-order valence-corrected chi connectivity index (χ0v) is 17.7. The van der Waals surface area contributed by atoms with Crippen molar-refractivity contribution in [2.75, 3.05) is 14.2 Å². The van der Waals surface area contributed by atoms with E-state index in [-0.39, 0.29) is 11.1 Å². The summed E-state index contributed by atoms with van der Waals surface area (Å²) in [6.07, 6.45) is 1.46. The van der Waals surface area contributed by atoms with Crippen molar-refractivity contribution in [3.63, 3.8) is 0 Å². The van der Waals surface area contributed by atoms with Crippen LogP contribution in [0.2, 0.25) is 0 Å². The Hall–Kier alpha value is -4.07. The number of rotatable bonds is 7. The topological polar surface area (TPSA) is 102 Å². The molecule has 2 aromatic carbocycles. The predicted octanol–water partition coefficient (Wildman–Crippen LogP) is 3.57. The smallest absolute Gasteiger partial charge is 0.337 e. The summed E-state index contributed by atoms with van der Waals surface area (Å²) in [7, 11) is 3.09. The first kappa shape index (κ1) is 21.6. The monoisotopic (exact) mass is 421 g/mol. The van der Waals surface area contributed by atoms with Crippen LogP contribution in [0.4, 0.5) is 0 Å². The number of nitrogens with one attached hydrogen (secondary N) is 1. The Bertz CT molecular complexity index is 1140. The molecule has 3 rings (SSSR count). The van der Waals surface area contributed by atoms with E-state index < -0.39 is 11.9 Å². The van der Waals surface area contributed by atoms with E-state index in [9.17, 15) is 14.7 Å². The third kappa shape index (κ3) is 4.58. The number of hydrogen-bond donors (Lipinski definition) is 2. The van der Waals surface area contributed by atoms with Gasteiger partial charge in [-0.15, -0.1) is 0 Å². The summed E-state index contributed by atoms with van der Waals surface area (Å²) in [6.45, 7) is 3.75. The van der Waals surface area contributed by atoms with E-state index in [0.29, 0.717) is 22.7 Å². The summed E-state index contributed by atoms with van der Waals surface area (Å²) in [6, 6.07) is 13.4. The molecule has 160 valence electrons. The second kappa shape index (κ2) is 9.17. The lowest BCUT2D eigenvalue weighted by atomic mass is 10.1. The Balaban J connectivity index is 1.87. The summed E-state index contributed by atoms with van der Waals surface area (Å²) < 4.78 is 12.3. The normalized spacial score (nSPS) is 10.8. The van der Waals surface area contributed by atoms with Gasteiger partial charge in [0.25, 0.3) is 5.91 Å². The summed E-state index contributed by atoms with van der Waals surface area (Å²) in [4.78, 5) is 24.3. The van der Waals surface area contributed by atoms with Gasteiger partial charge in [-0.05, 0) is 56.3 Å². The molecule has 0 aliphatic carbocycles. The molecule has 0 atom stereocenters. The van der Waals surface area contributed by atoms with Gasteiger partial charge < -0.3 is 19.1 Å². The fourth-order valence-electron chi connectivity index (χ4n) is 3.24. The number of aryl methyl sites for hydroxylation is 2. The highest BCUT2D eigenvalue weighted by Crippen LogP contribution is 2.24. The van der Waals surface area contributed by atoms with Crippen molar-refractivity contribution in [3.8, 4) is 17.2 Å². The first-order chi connectivity index (χ1) is 14.8. The lowest BCUT2D eigenvalue weighted by Crippen LogP contribution is -2.19. The van der Waals surface area contributed by atoms with Crippen molar-refractivity contribution < 1.29 is 24.2 Å². The predicted molar refractivity (Wildman–Crippen MR) is 117 cm³/mol. The molecule has 0 saturated carbocycles. The molecule has 0 unspecified atom stereocenters. The Morgan fingerprint density at radius 3 is 2.32 bits per heavy atom. The summed E-state index contributed by atoms with van der Waals surface area (Å²) in [5, 5.41) is 13.6. The van der Waals surface area contributed by atoms with Crippen LogP contribution in [0.1, 0.15) is 37.7 Å². The molecule has 0 fully saturated rings. The molecule has 3 aromatic rings. The van der Waals surface area contributed by atoms with Crippen LogP contribution in [0.15, 0.2) is 53.6 Å². The second-order valence-corrected chi connectivity index (χ2v) is 6.80. The number of aromatic nitrogens is 1. The van der Waals surface area contributed by atoms with Crippen LogP contribution >= 0.6 is 0 Å². The van der Waals surface area contributed by atoms with Crippen LogP contribution in [0.25, 0.3) is 5.69 Å². The second-order valence-electron chi connectivity index (χ2n) is 6.80. The molecule has 0 aliphatic rings. The van der Waals surface area contributed by atoms with Crippen molar-refractivity contribution in [2.45, 2.75) is 13.8 Å². The van der Waals surface area contributed by atoms with Gasteiger partial charge in [-0.25, -0.2) is 10.2 Å². The highest BCUT2D eigenvalue weighted by atomic mass is 16.5. The van der Waals surface area contributed by atoms with Gasteiger partial charge in [0, 0.05) is 28.6 Å². The van der Waals surface area contributed by atoms with Gasteiger partial charge in [0.1, 0.15) is 11.5 Å². The highest BCUT2D eigenvalue weighted by Gasteiger charge is 2.17. The lowest BCUT2D eigenvalue weighted by Gasteiger charge is -2.14. The molecule has 0 bridgehead atoms. The van der Waals surface area contributed by atoms with E-state index in [0.717, 1.165) is 11.4 Å². The SMILES string of the molecule is COc1ccc(C=NNC(=O)c2ccc(C(=O)O)c(-n3c(C)ccc3C)c2)c(OC)c1. The third-order valence-electron chi connectivity index (χ3n) is 4.81. The maximum Gasteiger partial charge on any atom is 0.337 e. The van der Waals surface area contributed by atoms with Gasteiger partial charge >= 0.3 is 5.97 Å². The Kier molecular flexibility index (Phi) is 6.40. The summed E-state index contributed by atoms with van der Waals surface area (Å²) >= 11 is 0. The Labute approximate surface area is 179 Å². The molecule has 1 heterocycles. The number of ether oxygens (including phenoxy) is 2. The zero-order valence-electron chi connectivity index (χ0n) is 17.7. The molecule has 0 aliphatic heterocycles. The number of carboxylic acid groups (broad SMARTS) is 1. The Morgan fingerprint density at radius 2 is 1.71 bits per heavy atom. The molecule has 0 saturated heterocycles. The summed E-state index contributed by atoms with van der Waals surface area (Å²) in [5.74, 6) is -0.354. The van der Waals surface area contributed by atoms with Crippen LogP contribution in [-0.4, -0.2) is 42.0 Å². The lowest BCUT2D eigenvalue weighted by molar-refractivity contribution is 0.0696. The minimum absolute atomic E-state index is 0.102. The zero-order chi connectivity index (χ0) is 22.5. The fourth-order valence-corrected chi connectivity index (χ4v) is 3.24. The largest absolute Gasteiger partial charge is 0.497 e. The van der Waals surface area contributed by atoms with Crippen molar-refractivity contribution in [1.82, 2.24) is 9.99 Å². The van der Waals surface area contributed by atoms with Crippen LogP contribution < -0.4 is 14.9 Å². The fraction of sp³-hybridized carbons (Fsp3) is 0.174. The number of methoxy groups -OCH3 is 2. The van der Waals surface area contributed by atoms with Crippen LogP contribution in [0.3, 0.4) is 0 Å². The van der Waals surface area contributed by atoms with E-state index in [1.54, 1.807) is 35.9 Å². The van der Waals surface area contributed by atoms with Gasteiger partial charge in [-0.3, -0.25) is 4.79 Å². The van der Waals surface area contributed by atoms with Gasteiger partial charge in [0.2, 0.25) is 0 Å². The number of hydrogen-bond acceptors (Lipinski definition) is 5. The number of carbonyl (C=O) groups is 2. The number of amides is 1. The molecule has 0 spiro atoms. The molecular formula is C23H23N3O5. The van der Waals surface area contributed by atoms with Gasteiger partial charge in [-0.2, -0.15) is 5.10 Å². The van der Waals surface area contributed by atoms with E-state index in [1.165, 1.54) is 25.5 Å². The van der Waals surface area contributed by atoms with E-state index >= 15 is 0 Å². The van der Waals surface area contributed by atoms with E-state index in [2.05, 4.69) is 10.5 Å². The average molecular weight is 421 g/mol. The van der Waals surface area contributed by atoms with Crippen LogP contribution in [0.5, 0.6) is 11.5 Å².